The Balaban J connectivity index is 2.62. The number of methoxy groups -OCH3 is 1. The standard InChI is InChI=1S/C5H10O2S/c1-6-3-2-4-7-5-8/h5H,2-4H2,1H3. The minimum Gasteiger partial charge on any atom is -0.490 e. The minimum absolute atomic E-state index is 0.664. The van der Waals surface area contributed by atoms with Crippen molar-refractivity contribution in [2.75, 3.05) is 20.3 Å². The van der Waals surface area contributed by atoms with Crippen molar-refractivity contribution in [2.24, 2.45) is 0 Å². The number of hydrogen-bond donors (Lipinski definition) is 0. The maximum absolute atomic E-state index is 4.76. The predicted octanol–water partition coefficient (Wildman–Crippen LogP) is 0.997. The van der Waals surface area contributed by atoms with Crippen LogP contribution in [0.2, 0.25) is 0 Å². The summed E-state index contributed by atoms with van der Waals surface area (Å²) in [5, 5.41) is 0. The van der Waals surface area contributed by atoms with Crippen LogP contribution in [0.4, 0.5) is 0 Å². The van der Waals surface area contributed by atoms with Gasteiger partial charge in [0.05, 0.1) is 6.61 Å². The summed E-state index contributed by atoms with van der Waals surface area (Å²) in [6.07, 6.45) is 0.906. The SMILES string of the molecule is COCCCOC=S. The van der Waals surface area contributed by atoms with E-state index in [1.54, 1.807) is 7.11 Å². The Morgan fingerprint density at radius 2 is 2.25 bits per heavy atom. The van der Waals surface area contributed by atoms with Crippen molar-refractivity contribution in [3.8, 4) is 0 Å². The van der Waals surface area contributed by atoms with Crippen LogP contribution < -0.4 is 0 Å². The topological polar surface area (TPSA) is 18.5 Å². The average Bonchev–Trinajstić information content (AvgIpc) is 1.81. The van der Waals surface area contributed by atoms with E-state index < -0.39 is 0 Å². The van der Waals surface area contributed by atoms with Gasteiger partial charge in [0.2, 0.25) is 0 Å². The Morgan fingerprint density at radius 1 is 1.50 bits per heavy atom. The summed E-state index contributed by atoms with van der Waals surface area (Å²) in [7, 11) is 1.66. The monoisotopic (exact) mass is 134 g/mol. The van der Waals surface area contributed by atoms with Crippen molar-refractivity contribution >= 4 is 17.8 Å². The zero-order valence-corrected chi connectivity index (χ0v) is 5.74. The molecule has 48 valence electrons. The molecule has 0 rings (SSSR count). The van der Waals surface area contributed by atoms with Crippen LogP contribution >= 0.6 is 12.2 Å². The summed E-state index contributed by atoms with van der Waals surface area (Å²) in [4.78, 5) is 0. The predicted molar refractivity (Wildman–Crippen MR) is 36.1 cm³/mol. The fourth-order valence-corrected chi connectivity index (χ4v) is 0.431. The second kappa shape index (κ2) is 6.85. The summed E-state index contributed by atoms with van der Waals surface area (Å²) in [5.41, 5.74) is 1.27. The quantitative estimate of drug-likeness (QED) is 0.413. The van der Waals surface area contributed by atoms with E-state index in [0.29, 0.717) is 6.61 Å². The lowest BCUT2D eigenvalue weighted by molar-refractivity contribution is 0.172. The molecule has 0 heterocycles. The zero-order chi connectivity index (χ0) is 6.24. The van der Waals surface area contributed by atoms with Crippen LogP contribution in [0.3, 0.4) is 0 Å². The van der Waals surface area contributed by atoms with E-state index in [9.17, 15) is 0 Å². The van der Waals surface area contributed by atoms with Gasteiger partial charge < -0.3 is 9.47 Å². The Morgan fingerprint density at radius 3 is 2.75 bits per heavy atom. The summed E-state index contributed by atoms with van der Waals surface area (Å²) >= 11 is 4.41. The Bertz CT molecular complexity index is 56.4. The van der Waals surface area contributed by atoms with Crippen LogP contribution in [0.5, 0.6) is 0 Å². The average molecular weight is 134 g/mol. The second-order valence-electron chi connectivity index (χ2n) is 1.31. The smallest absolute Gasteiger partial charge is 0.146 e. The highest BCUT2D eigenvalue weighted by atomic mass is 32.1. The fourth-order valence-electron chi connectivity index (χ4n) is 0.335. The van der Waals surface area contributed by atoms with Gasteiger partial charge in [-0.25, -0.2) is 0 Å². The molecule has 0 bridgehead atoms. The van der Waals surface area contributed by atoms with Gasteiger partial charge in [-0.2, -0.15) is 0 Å². The maximum Gasteiger partial charge on any atom is 0.146 e. The Kier molecular flexibility index (Phi) is 6.72. The van der Waals surface area contributed by atoms with E-state index in [0.717, 1.165) is 13.0 Å². The van der Waals surface area contributed by atoms with Gasteiger partial charge in [0.1, 0.15) is 5.55 Å². The highest BCUT2D eigenvalue weighted by Gasteiger charge is 1.81. The number of thiocarbonyl (C=S) groups is 1. The number of hydrogen-bond acceptors (Lipinski definition) is 3. The molecule has 0 aromatic rings. The molecule has 0 aliphatic carbocycles. The molecule has 0 aromatic heterocycles. The van der Waals surface area contributed by atoms with Gasteiger partial charge in [-0.3, -0.25) is 0 Å². The van der Waals surface area contributed by atoms with Crippen molar-refractivity contribution in [1.29, 1.82) is 0 Å². The molecule has 0 saturated heterocycles. The van der Waals surface area contributed by atoms with Crippen molar-refractivity contribution in [3.05, 3.63) is 0 Å². The highest BCUT2D eigenvalue weighted by Crippen LogP contribution is 1.79. The molecule has 0 saturated carbocycles. The summed E-state index contributed by atoms with van der Waals surface area (Å²) in [6.45, 7) is 1.40. The third-order valence-corrected chi connectivity index (χ3v) is 0.815. The molecule has 0 fully saturated rings. The number of rotatable bonds is 5. The third-order valence-electron chi connectivity index (χ3n) is 0.679. The molecule has 0 unspecified atom stereocenters. The van der Waals surface area contributed by atoms with Gasteiger partial charge in [-0.05, 0) is 12.2 Å². The summed E-state index contributed by atoms with van der Waals surface area (Å²) in [5.74, 6) is 0. The molecular formula is C5H10O2S. The first-order chi connectivity index (χ1) is 3.91. The second-order valence-corrected chi connectivity index (χ2v) is 1.51. The Labute approximate surface area is 54.8 Å². The van der Waals surface area contributed by atoms with Gasteiger partial charge >= 0.3 is 0 Å². The lowest BCUT2D eigenvalue weighted by atomic mass is 10.5. The van der Waals surface area contributed by atoms with Crippen molar-refractivity contribution < 1.29 is 9.47 Å². The van der Waals surface area contributed by atoms with Gasteiger partial charge in [-0.1, -0.05) is 0 Å². The van der Waals surface area contributed by atoms with Crippen LogP contribution in [-0.4, -0.2) is 25.9 Å². The molecule has 3 heteroatoms. The van der Waals surface area contributed by atoms with E-state index in [-0.39, 0.29) is 0 Å². The van der Waals surface area contributed by atoms with Gasteiger partial charge in [0.25, 0.3) is 0 Å². The van der Waals surface area contributed by atoms with Crippen LogP contribution in [0.15, 0.2) is 0 Å². The largest absolute Gasteiger partial charge is 0.490 e. The van der Waals surface area contributed by atoms with Crippen molar-refractivity contribution in [1.82, 2.24) is 0 Å². The van der Waals surface area contributed by atoms with E-state index in [4.69, 9.17) is 9.47 Å². The number of ether oxygens (including phenoxy) is 2. The first-order valence-corrected chi connectivity index (χ1v) is 2.93. The summed E-state index contributed by atoms with van der Waals surface area (Å²) in [6, 6.07) is 0. The van der Waals surface area contributed by atoms with Crippen LogP contribution in [0.25, 0.3) is 0 Å². The molecular weight excluding hydrogens is 124 g/mol. The van der Waals surface area contributed by atoms with Crippen LogP contribution in [0.1, 0.15) is 6.42 Å². The van der Waals surface area contributed by atoms with Gasteiger partial charge in [0, 0.05) is 20.1 Å². The van der Waals surface area contributed by atoms with E-state index in [2.05, 4.69) is 12.2 Å². The maximum atomic E-state index is 4.76. The zero-order valence-electron chi connectivity index (χ0n) is 4.92. The van der Waals surface area contributed by atoms with Crippen LogP contribution in [0, 0.1) is 0 Å². The first kappa shape index (κ1) is 7.85. The molecule has 0 aromatic carbocycles. The van der Waals surface area contributed by atoms with E-state index in [1.165, 1.54) is 5.55 Å². The lowest BCUT2D eigenvalue weighted by Gasteiger charge is -1.96. The molecule has 0 spiro atoms. The molecule has 0 N–H and O–H groups in total. The molecule has 2 nitrogen and oxygen atoms in total. The minimum atomic E-state index is 0.664. The lowest BCUT2D eigenvalue weighted by Crippen LogP contribution is -1.95. The van der Waals surface area contributed by atoms with Gasteiger partial charge in [0.15, 0.2) is 0 Å². The Hall–Kier alpha value is -0.150. The van der Waals surface area contributed by atoms with E-state index >= 15 is 0 Å². The molecule has 0 aliphatic heterocycles. The van der Waals surface area contributed by atoms with Crippen molar-refractivity contribution in [3.63, 3.8) is 0 Å². The molecule has 0 amide bonds. The molecule has 0 aliphatic rings. The van der Waals surface area contributed by atoms with Crippen molar-refractivity contribution in [2.45, 2.75) is 6.42 Å². The first-order valence-electron chi connectivity index (χ1n) is 2.46. The third kappa shape index (κ3) is 5.85. The van der Waals surface area contributed by atoms with Gasteiger partial charge in [-0.15, -0.1) is 0 Å². The summed E-state index contributed by atoms with van der Waals surface area (Å²) < 4.78 is 9.51. The molecule has 0 atom stereocenters. The fraction of sp³-hybridized carbons (Fsp3) is 0.800. The normalized spacial score (nSPS) is 8.62. The molecule has 0 radical (unpaired) electrons. The van der Waals surface area contributed by atoms with E-state index in [1.807, 2.05) is 0 Å². The molecule has 8 heavy (non-hydrogen) atoms. The van der Waals surface area contributed by atoms with Crippen LogP contribution in [-0.2, 0) is 9.47 Å². The highest BCUT2D eigenvalue weighted by molar-refractivity contribution is 7.78.